The van der Waals surface area contributed by atoms with Gasteiger partial charge >= 0.3 is 5.97 Å². The molecule has 0 unspecified atom stereocenters. The second-order valence-electron chi connectivity index (χ2n) is 6.76. The van der Waals surface area contributed by atoms with E-state index in [2.05, 4.69) is 4.72 Å². The van der Waals surface area contributed by atoms with Crippen molar-refractivity contribution in [2.45, 2.75) is 52.4 Å². The topological polar surface area (TPSA) is 72.5 Å². The van der Waals surface area contributed by atoms with Gasteiger partial charge in [-0.2, -0.15) is 0 Å². The van der Waals surface area contributed by atoms with Crippen LogP contribution in [0.4, 0.5) is 5.69 Å². The van der Waals surface area contributed by atoms with Crippen LogP contribution in [0, 0.1) is 27.7 Å². The van der Waals surface area contributed by atoms with Crippen molar-refractivity contribution in [1.29, 1.82) is 0 Å². The van der Waals surface area contributed by atoms with Crippen LogP contribution in [0.2, 0.25) is 0 Å². The van der Waals surface area contributed by atoms with E-state index in [0.717, 1.165) is 35.1 Å². The maximum atomic E-state index is 12.9. The van der Waals surface area contributed by atoms with Gasteiger partial charge in [-0.15, -0.1) is 0 Å². The van der Waals surface area contributed by atoms with Crippen LogP contribution in [-0.4, -0.2) is 21.0 Å². The lowest BCUT2D eigenvalue weighted by Gasteiger charge is -2.17. The van der Waals surface area contributed by atoms with Crippen LogP contribution in [0.3, 0.4) is 0 Å². The zero-order chi connectivity index (χ0) is 20.2. The predicted molar refractivity (Wildman–Crippen MR) is 108 cm³/mol. The number of carbonyl (C=O) groups is 1. The number of esters is 1. The number of rotatable bonds is 7. The molecule has 0 radical (unpaired) electrons. The number of aryl methyl sites for hydroxylation is 2. The summed E-state index contributed by atoms with van der Waals surface area (Å²) in [6, 6.07) is 8.26. The molecule has 0 saturated heterocycles. The van der Waals surface area contributed by atoms with Crippen molar-refractivity contribution < 1.29 is 17.9 Å². The van der Waals surface area contributed by atoms with E-state index in [1.54, 1.807) is 24.3 Å². The molecule has 0 heterocycles. The molecule has 0 aliphatic heterocycles. The van der Waals surface area contributed by atoms with Gasteiger partial charge in [-0.1, -0.05) is 19.4 Å². The first kappa shape index (κ1) is 21.0. The molecule has 2 aromatic rings. The molecule has 0 saturated carbocycles. The average molecular weight is 390 g/mol. The molecular formula is C21H27NO4S. The lowest BCUT2D eigenvalue weighted by molar-refractivity contribution is 0.0500. The van der Waals surface area contributed by atoms with Crippen molar-refractivity contribution in [2.24, 2.45) is 0 Å². The van der Waals surface area contributed by atoms with Crippen LogP contribution in [0.5, 0.6) is 0 Å². The standard InChI is InChI=1S/C21H27NO4S/c1-6-7-12-26-21(23)18-8-10-19(11-9-18)22-27(24,25)20-16(4)14(2)13-15(3)17(20)5/h8-11,13,22H,6-7,12H2,1-5H3. The normalized spacial score (nSPS) is 11.3. The highest BCUT2D eigenvalue weighted by atomic mass is 32.2. The summed E-state index contributed by atoms with van der Waals surface area (Å²) in [6.07, 6.45) is 1.77. The van der Waals surface area contributed by atoms with Crippen LogP contribution in [0.25, 0.3) is 0 Å². The quantitative estimate of drug-likeness (QED) is 0.551. The minimum absolute atomic E-state index is 0.308. The Labute approximate surface area is 161 Å². The summed E-state index contributed by atoms with van der Waals surface area (Å²) in [4.78, 5) is 12.2. The molecule has 0 atom stereocenters. The molecule has 0 aromatic heterocycles. The third kappa shape index (κ3) is 4.89. The number of hydrogen-bond acceptors (Lipinski definition) is 4. The highest BCUT2D eigenvalue weighted by Gasteiger charge is 2.22. The maximum Gasteiger partial charge on any atom is 0.338 e. The van der Waals surface area contributed by atoms with Crippen LogP contribution in [0.1, 0.15) is 52.4 Å². The summed E-state index contributed by atoms with van der Waals surface area (Å²) in [6.45, 7) is 9.83. The first-order valence-electron chi connectivity index (χ1n) is 9.04. The molecule has 6 heteroatoms. The van der Waals surface area contributed by atoms with Gasteiger partial charge in [0, 0.05) is 5.69 Å². The smallest absolute Gasteiger partial charge is 0.338 e. The molecule has 27 heavy (non-hydrogen) atoms. The number of ether oxygens (including phenoxy) is 1. The van der Waals surface area contributed by atoms with E-state index in [1.165, 1.54) is 0 Å². The lowest BCUT2D eigenvalue weighted by atomic mass is 10.0. The minimum Gasteiger partial charge on any atom is -0.462 e. The fourth-order valence-corrected chi connectivity index (χ4v) is 4.53. The SMILES string of the molecule is CCCCOC(=O)c1ccc(NS(=O)(=O)c2c(C)c(C)cc(C)c2C)cc1. The second kappa shape index (κ2) is 8.57. The molecule has 2 aromatic carbocycles. The van der Waals surface area contributed by atoms with Crippen molar-refractivity contribution in [3.8, 4) is 0 Å². The number of sulfonamides is 1. The Bertz CT molecular complexity index is 905. The number of anilines is 1. The number of unbranched alkanes of at least 4 members (excludes halogenated alkanes) is 1. The molecule has 0 spiro atoms. The zero-order valence-electron chi connectivity index (χ0n) is 16.5. The molecule has 0 fully saturated rings. The van der Waals surface area contributed by atoms with Gasteiger partial charge in [-0.05, 0) is 80.6 Å². The minimum atomic E-state index is -3.74. The molecule has 0 bridgehead atoms. The largest absolute Gasteiger partial charge is 0.462 e. The summed E-state index contributed by atoms with van der Waals surface area (Å²) >= 11 is 0. The number of nitrogens with one attached hydrogen (secondary N) is 1. The summed E-state index contributed by atoms with van der Waals surface area (Å²) in [5.41, 5.74) is 4.14. The Morgan fingerprint density at radius 1 is 1.00 bits per heavy atom. The van der Waals surface area contributed by atoms with Gasteiger partial charge in [-0.25, -0.2) is 13.2 Å². The molecular weight excluding hydrogens is 362 g/mol. The number of carbonyl (C=O) groups excluding carboxylic acids is 1. The maximum absolute atomic E-state index is 12.9. The Balaban J connectivity index is 2.23. The number of benzene rings is 2. The Kier molecular flexibility index (Phi) is 6.65. The Hall–Kier alpha value is -2.34. The highest BCUT2D eigenvalue weighted by Crippen LogP contribution is 2.28. The summed E-state index contributed by atoms with van der Waals surface area (Å²) in [5.74, 6) is -0.404. The van der Waals surface area contributed by atoms with Gasteiger partial charge in [0.2, 0.25) is 0 Å². The molecule has 5 nitrogen and oxygen atoms in total. The zero-order valence-corrected chi connectivity index (χ0v) is 17.4. The van der Waals surface area contributed by atoms with E-state index in [0.29, 0.717) is 22.8 Å². The third-order valence-corrected chi connectivity index (χ3v) is 6.32. The Morgan fingerprint density at radius 2 is 1.56 bits per heavy atom. The van der Waals surface area contributed by atoms with Crippen molar-refractivity contribution in [3.63, 3.8) is 0 Å². The third-order valence-electron chi connectivity index (χ3n) is 4.67. The van der Waals surface area contributed by atoms with Crippen LogP contribution in [-0.2, 0) is 14.8 Å². The van der Waals surface area contributed by atoms with E-state index < -0.39 is 16.0 Å². The van der Waals surface area contributed by atoms with Gasteiger partial charge in [0.1, 0.15) is 0 Å². The summed E-state index contributed by atoms with van der Waals surface area (Å²) < 4.78 is 33.6. The number of hydrogen-bond donors (Lipinski definition) is 1. The first-order chi connectivity index (χ1) is 12.7. The predicted octanol–water partition coefficient (Wildman–Crippen LogP) is 4.68. The van der Waals surface area contributed by atoms with Gasteiger partial charge in [0.15, 0.2) is 0 Å². The van der Waals surface area contributed by atoms with Crippen LogP contribution < -0.4 is 4.72 Å². The fraction of sp³-hybridized carbons (Fsp3) is 0.381. The van der Waals surface area contributed by atoms with E-state index in [1.807, 2.05) is 40.7 Å². The molecule has 0 aliphatic carbocycles. The van der Waals surface area contributed by atoms with E-state index in [-0.39, 0.29) is 0 Å². The van der Waals surface area contributed by atoms with Gasteiger partial charge in [-0.3, -0.25) is 4.72 Å². The lowest BCUT2D eigenvalue weighted by Crippen LogP contribution is -2.17. The summed E-state index contributed by atoms with van der Waals surface area (Å²) in [5, 5.41) is 0. The van der Waals surface area contributed by atoms with E-state index >= 15 is 0 Å². The monoisotopic (exact) mass is 389 g/mol. The molecule has 1 N–H and O–H groups in total. The van der Waals surface area contributed by atoms with Gasteiger partial charge in [0.25, 0.3) is 10.0 Å². The van der Waals surface area contributed by atoms with Gasteiger partial charge in [0.05, 0.1) is 17.1 Å². The first-order valence-corrected chi connectivity index (χ1v) is 10.5. The molecule has 2 rings (SSSR count). The van der Waals surface area contributed by atoms with Crippen molar-refractivity contribution in [1.82, 2.24) is 0 Å². The molecule has 146 valence electrons. The van der Waals surface area contributed by atoms with Crippen molar-refractivity contribution in [2.75, 3.05) is 11.3 Å². The van der Waals surface area contributed by atoms with E-state index in [9.17, 15) is 13.2 Å². The Morgan fingerprint density at radius 3 is 2.07 bits per heavy atom. The van der Waals surface area contributed by atoms with Crippen LogP contribution in [0.15, 0.2) is 35.2 Å². The van der Waals surface area contributed by atoms with Gasteiger partial charge < -0.3 is 4.74 Å². The van der Waals surface area contributed by atoms with E-state index in [4.69, 9.17) is 4.74 Å². The molecule has 0 amide bonds. The molecule has 0 aliphatic rings. The highest BCUT2D eigenvalue weighted by molar-refractivity contribution is 7.92. The summed E-state index contributed by atoms with van der Waals surface area (Å²) in [7, 11) is -3.74. The second-order valence-corrected chi connectivity index (χ2v) is 8.38. The van der Waals surface area contributed by atoms with Crippen molar-refractivity contribution >= 4 is 21.7 Å². The van der Waals surface area contributed by atoms with Crippen LogP contribution >= 0.6 is 0 Å². The average Bonchev–Trinajstić information content (AvgIpc) is 2.60. The fourth-order valence-electron chi connectivity index (χ4n) is 2.86. The van der Waals surface area contributed by atoms with Crippen molar-refractivity contribution in [3.05, 3.63) is 58.1 Å².